The standard InChI is InChI=1S/C21H29NO4/c1-5-22-11-19(2)8-7-15(23)21-13-6-9-20(25-3,26-4)18(24)16(13)12(17(21)22)10-14(19)21/h6,9,12,14-15,17,23H,5,7-8,10-11H2,1-4H3/t12-,14-,15+,17?,19+,21-/m1/s1. The third-order valence-electron chi connectivity index (χ3n) is 8.45. The van der Waals surface area contributed by atoms with Crippen molar-refractivity contribution in [2.75, 3.05) is 27.3 Å². The molecular weight excluding hydrogens is 330 g/mol. The summed E-state index contributed by atoms with van der Waals surface area (Å²) in [7, 11) is 3.04. The fourth-order valence-corrected chi connectivity index (χ4v) is 7.52. The number of hydrogen-bond acceptors (Lipinski definition) is 5. The van der Waals surface area contributed by atoms with E-state index >= 15 is 0 Å². The van der Waals surface area contributed by atoms with Gasteiger partial charge in [0.1, 0.15) is 0 Å². The number of ether oxygens (including phenoxy) is 2. The van der Waals surface area contributed by atoms with Crippen molar-refractivity contribution in [1.82, 2.24) is 4.90 Å². The predicted octanol–water partition coefficient (Wildman–Crippen LogP) is 1.91. The highest BCUT2D eigenvalue weighted by atomic mass is 16.7. The lowest BCUT2D eigenvalue weighted by Gasteiger charge is -2.62. The molecule has 26 heavy (non-hydrogen) atoms. The minimum Gasteiger partial charge on any atom is -0.392 e. The maximum Gasteiger partial charge on any atom is 0.253 e. The molecular formula is C21H29NO4. The number of aliphatic hydroxyl groups is 1. The van der Waals surface area contributed by atoms with Crippen LogP contribution in [0.25, 0.3) is 0 Å². The molecule has 5 heteroatoms. The van der Waals surface area contributed by atoms with E-state index in [2.05, 4.69) is 18.7 Å². The molecule has 1 aliphatic heterocycles. The number of carbonyl (C=O) groups excluding carboxylic acids is 1. The third-order valence-corrected chi connectivity index (χ3v) is 8.45. The molecule has 0 radical (unpaired) electrons. The number of carbonyl (C=O) groups is 1. The van der Waals surface area contributed by atoms with Gasteiger partial charge in [-0.15, -0.1) is 0 Å². The number of allylic oxidation sites excluding steroid dienone is 1. The summed E-state index contributed by atoms with van der Waals surface area (Å²) < 4.78 is 11.0. The molecule has 5 nitrogen and oxygen atoms in total. The van der Waals surface area contributed by atoms with Crippen molar-refractivity contribution in [3.63, 3.8) is 0 Å². The van der Waals surface area contributed by atoms with Gasteiger partial charge < -0.3 is 14.6 Å². The normalized spacial score (nSPS) is 48.3. The van der Waals surface area contributed by atoms with Gasteiger partial charge in [-0.2, -0.15) is 0 Å². The van der Waals surface area contributed by atoms with Crippen LogP contribution in [0, 0.1) is 22.7 Å². The van der Waals surface area contributed by atoms with E-state index in [0.717, 1.165) is 43.5 Å². The summed E-state index contributed by atoms with van der Waals surface area (Å²) in [5.74, 6) is -0.756. The number of piperidine rings is 1. The summed E-state index contributed by atoms with van der Waals surface area (Å²) in [4.78, 5) is 16.0. The van der Waals surface area contributed by atoms with Gasteiger partial charge in [0.15, 0.2) is 0 Å². The van der Waals surface area contributed by atoms with Crippen LogP contribution in [0.15, 0.2) is 23.3 Å². The summed E-state index contributed by atoms with van der Waals surface area (Å²) >= 11 is 0. The van der Waals surface area contributed by atoms with Crippen molar-refractivity contribution in [2.24, 2.45) is 22.7 Å². The van der Waals surface area contributed by atoms with E-state index in [4.69, 9.17) is 9.47 Å². The number of methoxy groups -OCH3 is 2. The van der Waals surface area contributed by atoms with Crippen LogP contribution in [0.5, 0.6) is 0 Å². The highest BCUT2D eigenvalue weighted by Crippen LogP contribution is 2.74. The van der Waals surface area contributed by atoms with E-state index in [-0.39, 0.29) is 34.7 Å². The number of Topliss-reactive ketones (excluding diaryl/α,β-unsaturated/α-hetero) is 1. The molecule has 1 N–H and O–H groups in total. The molecule has 3 fully saturated rings. The maximum absolute atomic E-state index is 13.4. The first-order valence-electron chi connectivity index (χ1n) is 9.90. The number of nitrogens with zero attached hydrogens (tertiary/aromatic N) is 1. The molecule has 142 valence electrons. The molecule has 0 aromatic rings. The van der Waals surface area contributed by atoms with Crippen LogP contribution in [-0.4, -0.2) is 61.0 Å². The molecule has 5 rings (SSSR count). The van der Waals surface area contributed by atoms with Gasteiger partial charge in [-0.05, 0) is 48.8 Å². The largest absolute Gasteiger partial charge is 0.392 e. The molecule has 1 heterocycles. The quantitative estimate of drug-likeness (QED) is 0.780. The second-order valence-corrected chi connectivity index (χ2v) is 9.11. The number of aliphatic hydroxyl groups excluding tert-OH is 1. The van der Waals surface area contributed by atoms with Crippen LogP contribution in [0.3, 0.4) is 0 Å². The smallest absolute Gasteiger partial charge is 0.253 e. The highest BCUT2D eigenvalue weighted by Gasteiger charge is 2.76. The summed E-state index contributed by atoms with van der Waals surface area (Å²) in [6.45, 7) is 6.62. The van der Waals surface area contributed by atoms with Gasteiger partial charge in [0.05, 0.1) is 6.10 Å². The van der Waals surface area contributed by atoms with Crippen molar-refractivity contribution >= 4 is 5.78 Å². The lowest BCUT2D eigenvalue weighted by molar-refractivity contribution is -0.183. The minimum atomic E-state index is -1.31. The molecule has 5 bridgehead atoms. The van der Waals surface area contributed by atoms with Crippen LogP contribution in [-0.2, 0) is 14.3 Å². The fraction of sp³-hybridized carbons (Fsp3) is 0.762. The third kappa shape index (κ3) is 1.58. The van der Waals surface area contributed by atoms with Crippen molar-refractivity contribution in [2.45, 2.75) is 51.0 Å². The summed E-state index contributed by atoms with van der Waals surface area (Å²) in [6, 6.07) is 0.226. The van der Waals surface area contributed by atoms with Gasteiger partial charge >= 0.3 is 0 Å². The molecule has 2 saturated carbocycles. The van der Waals surface area contributed by atoms with Crippen molar-refractivity contribution < 1.29 is 19.4 Å². The molecule has 5 aliphatic rings. The first-order valence-corrected chi connectivity index (χ1v) is 9.90. The summed E-state index contributed by atoms with van der Waals surface area (Å²) in [5.41, 5.74) is 1.85. The van der Waals surface area contributed by atoms with Gasteiger partial charge in [0.2, 0.25) is 5.78 Å². The monoisotopic (exact) mass is 359 g/mol. The summed E-state index contributed by atoms with van der Waals surface area (Å²) in [6.07, 6.45) is 6.30. The second-order valence-electron chi connectivity index (χ2n) is 9.11. The molecule has 1 spiro atoms. The van der Waals surface area contributed by atoms with Gasteiger partial charge in [0.25, 0.3) is 5.79 Å². The zero-order valence-corrected chi connectivity index (χ0v) is 16.1. The Morgan fingerprint density at radius 2 is 2.08 bits per heavy atom. The first kappa shape index (κ1) is 17.1. The molecule has 0 aromatic carbocycles. The average Bonchev–Trinajstić information content (AvgIpc) is 3.10. The Labute approximate surface area is 155 Å². The SMILES string of the molecule is CCN1C[C@]2(C)CC[C@H](O)[C@@]34C5=C(C(=O)C(OC)(OC)C=C5)[C@@H](C[C@H]23)C14. The second kappa shape index (κ2) is 5.07. The van der Waals surface area contributed by atoms with Crippen molar-refractivity contribution in [3.8, 4) is 0 Å². The first-order chi connectivity index (χ1) is 12.4. The predicted molar refractivity (Wildman–Crippen MR) is 96.3 cm³/mol. The van der Waals surface area contributed by atoms with E-state index in [1.54, 1.807) is 6.08 Å². The number of rotatable bonds is 3. The number of likely N-dealkylation sites (tertiary alicyclic amines) is 1. The number of ketones is 1. The van der Waals surface area contributed by atoms with Crippen LogP contribution in [0.1, 0.15) is 33.1 Å². The van der Waals surface area contributed by atoms with Gasteiger partial charge in [-0.3, -0.25) is 9.69 Å². The minimum absolute atomic E-state index is 0.0669. The van der Waals surface area contributed by atoms with Crippen LogP contribution in [0.2, 0.25) is 0 Å². The van der Waals surface area contributed by atoms with E-state index in [9.17, 15) is 9.90 Å². The maximum atomic E-state index is 13.4. The number of fused-ring (bicyclic) bond motifs is 1. The Hall–Kier alpha value is -1.01. The molecule has 4 aliphatic carbocycles. The number of hydrogen-bond donors (Lipinski definition) is 1. The summed E-state index contributed by atoms with van der Waals surface area (Å²) in [5, 5.41) is 11.3. The Kier molecular flexibility index (Phi) is 3.34. The average molecular weight is 359 g/mol. The highest BCUT2D eigenvalue weighted by molar-refractivity contribution is 6.06. The van der Waals surface area contributed by atoms with Crippen molar-refractivity contribution in [1.29, 1.82) is 0 Å². The van der Waals surface area contributed by atoms with Crippen LogP contribution >= 0.6 is 0 Å². The lowest BCUT2D eigenvalue weighted by Crippen LogP contribution is -2.66. The molecule has 1 saturated heterocycles. The van der Waals surface area contributed by atoms with Crippen molar-refractivity contribution in [3.05, 3.63) is 23.3 Å². The molecule has 0 aromatic heterocycles. The van der Waals surface area contributed by atoms with E-state index in [0.29, 0.717) is 5.92 Å². The van der Waals surface area contributed by atoms with E-state index in [1.807, 2.05) is 6.08 Å². The van der Waals surface area contributed by atoms with Crippen LogP contribution in [0.4, 0.5) is 0 Å². The Balaban J connectivity index is 1.73. The fourth-order valence-electron chi connectivity index (χ4n) is 7.52. The molecule has 1 unspecified atom stereocenters. The molecule has 6 atom stereocenters. The Morgan fingerprint density at radius 1 is 1.35 bits per heavy atom. The van der Waals surface area contributed by atoms with E-state index < -0.39 is 5.79 Å². The lowest BCUT2D eigenvalue weighted by atomic mass is 9.49. The Morgan fingerprint density at radius 3 is 2.73 bits per heavy atom. The zero-order chi connectivity index (χ0) is 18.5. The van der Waals surface area contributed by atoms with Crippen LogP contribution < -0.4 is 0 Å². The topological polar surface area (TPSA) is 59.0 Å². The zero-order valence-electron chi connectivity index (χ0n) is 16.1. The van der Waals surface area contributed by atoms with Gasteiger partial charge in [0, 0.05) is 43.7 Å². The Bertz CT molecular complexity index is 738. The van der Waals surface area contributed by atoms with Gasteiger partial charge in [-0.25, -0.2) is 0 Å². The van der Waals surface area contributed by atoms with Gasteiger partial charge in [-0.1, -0.05) is 19.9 Å². The molecule has 0 amide bonds. The van der Waals surface area contributed by atoms with E-state index in [1.165, 1.54) is 14.2 Å².